The Morgan fingerprint density at radius 2 is 1.94 bits per heavy atom. The van der Waals surface area contributed by atoms with Crippen molar-refractivity contribution in [1.82, 2.24) is 10.2 Å². The first kappa shape index (κ1) is 13.5. The summed E-state index contributed by atoms with van der Waals surface area (Å²) in [7, 11) is 0. The predicted octanol–water partition coefficient (Wildman–Crippen LogP) is 1.01. The van der Waals surface area contributed by atoms with Gasteiger partial charge in [-0.2, -0.15) is 0 Å². The maximum absolute atomic E-state index is 11.7. The number of carbonyl (C=O) groups excluding carboxylic acids is 1. The molecule has 16 heavy (non-hydrogen) atoms. The summed E-state index contributed by atoms with van der Waals surface area (Å²) in [6.45, 7) is 8.88. The van der Waals surface area contributed by atoms with Crippen molar-refractivity contribution in [3.05, 3.63) is 0 Å². The van der Waals surface area contributed by atoms with Gasteiger partial charge < -0.3 is 15.0 Å². The van der Waals surface area contributed by atoms with Gasteiger partial charge in [0, 0.05) is 25.7 Å². The van der Waals surface area contributed by atoms with Crippen molar-refractivity contribution in [2.24, 2.45) is 0 Å². The number of nitrogens with zero attached hydrogens (tertiary/aromatic N) is 1. The zero-order valence-electron chi connectivity index (χ0n) is 10.7. The molecule has 0 saturated heterocycles. The molecule has 0 spiro atoms. The SMILES string of the molecule is CCOC1CC(NCC(=O)N(CC)CC)C1. The van der Waals surface area contributed by atoms with Crippen LogP contribution in [0.2, 0.25) is 0 Å². The van der Waals surface area contributed by atoms with Crippen LogP contribution in [0.3, 0.4) is 0 Å². The van der Waals surface area contributed by atoms with Gasteiger partial charge in [-0.25, -0.2) is 0 Å². The fourth-order valence-electron chi connectivity index (χ4n) is 2.02. The molecule has 1 aliphatic rings. The van der Waals surface area contributed by atoms with E-state index in [-0.39, 0.29) is 5.91 Å². The van der Waals surface area contributed by atoms with Gasteiger partial charge in [0.15, 0.2) is 0 Å². The summed E-state index contributed by atoms with van der Waals surface area (Å²) in [4.78, 5) is 13.5. The molecule has 0 bridgehead atoms. The van der Waals surface area contributed by atoms with Crippen LogP contribution in [0.5, 0.6) is 0 Å². The molecule has 0 heterocycles. The van der Waals surface area contributed by atoms with Crippen LogP contribution in [0.1, 0.15) is 33.6 Å². The molecule has 0 radical (unpaired) electrons. The van der Waals surface area contributed by atoms with E-state index in [4.69, 9.17) is 4.74 Å². The topological polar surface area (TPSA) is 41.6 Å². The Hall–Kier alpha value is -0.610. The lowest BCUT2D eigenvalue weighted by Crippen LogP contribution is -2.49. The number of nitrogens with one attached hydrogen (secondary N) is 1. The summed E-state index contributed by atoms with van der Waals surface area (Å²) < 4.78 is 5.47. The van der Waals surface area contributed by atoms with Crippen molar-refractivity contribution in [1.29, 1.82) is 0 Å². The van der Waals surface area contributed by atoms with Crippen molar-refractivity contribution < 1.29 is 9.53 Å². The molecular formula is C12H24N2O2. The van der Waals surface area contributed by atoms with E-state index >= 15 is 0 Å². The molecule has 0 aliphatic heterocycles. The Balaban J connectivity index is 2.10. The highest BCUT2D eigenvalue weighted by atomic mass is 16.5. The second kappa shape index (κ2) is 6.86. The molecule has 0 aromatic rings. The van der Waals surface area contributed by atoms with E-state index in [2.05, 4.69) is 5.32 Å². The van der Waals surface area contributed by atoms with E-state index in [0.29, 0.717) is 18.7 Å². The van der Waals surface area contributed by atoms with Crippen LogP contribution in [0.4, 0.5) is 0 Å². The van der Waals surface area contributed by atoms with Crippen LogP contribution in [0.15, 0.2) is 0 Å². The monoisotopic (exact) mass is 228 g/mol. The van der Waals surface area contributed by atoms with E-state index in [1.165, 1.54) is 0 Å². The third kappa shape index (κ3) is 3.76. The van der Waals surface area contributed by atoms with Gasteiger partial charge in [0.05, 0.1) is 12.6 Å². The summed E-state index contributed by atoms with van der Waals surface area (Å²) in [6, 6.07) is 0.469. The summed E-state index contributed by atoms with van der Waals surface area (Å²) >= 11 is 0. The second-order valence-corrected chi connectivity index (χ2v) is 4.19. The average molecular weight is 228 g/mol. The lowest BCUT2D eigenvalue weighted by atomic mass is 9.89. The maximum atomic E-state index is 11.7. The van der Waals surface area contributed by atoms with Gasteiger partial charge >= 0.3 is 0 Å². The van der Waals surface area contributed by atoms with Crippen molar-refractivity contribution in [2.45, 2.75) is 45.8 Å². The first-order chi connectivity index (χ1) is 7.71. The van der Waals surface area contributed by atoms with Gasteiger partial charge in [0.25, 0.3) is 0 Å². The fourth-order valence-corrected chi connectivity index (χ4v) is 2.02. The molecule has 1 rings (SSSR count). The molecule has 0 unspecified atom stereocenters. The third-order valence-electron chi connectivity index (χ3n) is 3.16. The smallest absolute Gasteiger partial charge is 0.236 e. The van der Waals surface area contributed by atoms with E-state index in [1.54, 1.807) is 0 Å². The molecular weight excluding hydrogens is 204 g/mol. The molecule has 1 N–H and O–H groups in total. The highest BCUT2D eigenvalue weighted by Gasteiger charge is 2.29. The highest BCUT2D eigenvalue weighted by Crippen LogP contribution is 2.22. The second-order valence-electron chi connectivity index (χ2n) is 4.19. The normalized spacial score (nSPS) is 23.9. The first-order valence-corrected chi connectivity index (χ1v) is 6.33. The Morgan fingerprint density at radius 1 is 1.31 bits per heavy atom. The highest BCUT2D eigenvalue weighted by molar-refractivity contribution is 5.78. The Morgan fingerprint density at radius 3 is 2.44 bits per heavy atom. The standard InChI is InChI=1S/C12H24N2O2/c1-4-14(5-2)12(15)9-13-10-7-11(8-10)16-6-3/h10-11,13H,4-9H2,1-3H3. The number of hydrogen-bond donors (Lipinski definition) is 1. The van der Waals surface area contributed by atoms with Crippen LogP contribution < -0.4 is 5.32 Å². The van der Waals surface area contributed by atoms with Crippen LogP contribution in [0, 0.1) is 0 Å². The van der Waals surface area contributed by atoms with Crippen LogP contribution >= 0.6 is 0 Å². The first-order valence-electron chi connectivity index (χ1n) is 6.33. The summed E-state index contributed by atoms with van der Waals surface area (Å²) in [6.07, 6.45) is 2.49. The summed E-state index contributed by atoms with van der Waals surface area (Å²) in [5.74, 6) is 0.199. The number of likely N-dealkylation sites (N-methyl/N-ethyl adjacent to an activating group) is 1. The van der Waals surface area contributed by atoms with Crippen LogP contribution in [-0.4, -0.2) is 49.2 Å². The quantitative estimate of drug-likeness (QED) is 0.707. The third-order valence-corrected chi connectivity index (χ3v) is 3.16. The van der Waals surface area contributed by atoms with Crippen molar-refractivity contribution >= 4 is 5.91 Å². The molecule has 0 aromatic heterocycles. The minimum Gasteiger partial charge on any atom is -0.378 e. The Kier molecular flexibility index (Phi) is 5.77. The molecule has 1 fully saturated rings. The molecule has 94 valence electrons. The molecule has 0 aromatic carbocycles. The van der Waals surface area contributed by atoms with Gasteiger partial charge in [-0.1, -0.05) is 0 Å². The van der Waals surface area contributed by atoms with Gasteiger partial charge in [0.2, 0.25) is 5.91 Å². The van der Waals surface area contributed by atoms with Crippen LogP contribution in [0.25, 0.3) is 0 Å². The molecule has 1 aliphatic carbocycles. The minimum atomic E-state index is 0.199. The zero-order valence-corrected chi connectivity index (χ0v) is 10.7. The van der Waals surface area contributed by atoms with Gasteiger partial charge in [-0.05, 0) is 33.6 Å². The summed E-state index contributed by atoms with van der Waals surface area (Å²) in [5, 5.41) is 3.29. The maximum Gasteiger partial charge on any atom is 0.236 e. The number of hydrogen-bond acceptors (Lipinski definition) is 3. The lowest BCUT2D eigenvalue weighted by Gasteiger charge is -2.35. The number of carbonyl (C=O) groups is 1. The van der Waals surface area contributed by atoms with E-state index in [1.807, 2.05) is 25.7 Å². The van der Waals surface area contributed by atoms with Crippen molar-refractivity contribution in [2.75, 3.05) is 26.2 Å². The molecule has 1 amide bonds. The Bertz CT molecular complexity index is 211. The van der Waals surface area contributed by atoms with Crippen LogP contribution in [-0.2, 0) is 9.53 Å². The molecule has 0 atom stereocenters. The molecule has 1 saturated carbocycles. The largest absolute Gasteiger partial charge is 0.378 e. The number of amides is 1. The fraction of sp³-hybridized carbons (Fsp3) is 0.917. The van der Waals surface area contributed by atoms with Crippen molar-refractivity contribution in [3.8, 4) is 0 Å². The van der Waals surface area contributed by atoms with E-state index < -0.39 is 0 Å². The van der Waals surface area contributed by atoms with Gasteiger partial charge in [-0.15, -0.1) is 0 Å². The average Bonchev–Trinajstić information content (AvgIpc) is 2.23. The van der Waals surface area contributed by atoms with E-state index in [9.17, 15) is 4.79 Å². The number of rotatable bonds is 7. The molecule has 4 heteroatoms. The zero-order chi connectivity index (χ0) is 12.0. The lowest BCUT2D eigenvalue weighted by molar-refractivity contribution is -0.130. The molecule has 4 nitrogen and oxygen atoms in total. The van der Waals surface area contributed by atoms with E-state index in [0.717, 1.165) is 32.5 Å². The van der Waals surface area contributed by atoms with Gasteiger partial charge in [-0.3, -0.25) is 4.79 Å². The minimum absolute atomic E-state index is 0.199. The number of ether oxygens (including phenoxy) is 1. The van der Waals surface area contributed by atoms with Gasteiger partial charge in [0.1, 0.15) is 0 Å². The summed E-state index contributed by atoms with van der Waals surface area (Å²) in [5.41, 5.74) is 0. The van der Waals surface area contributed by atoms with Crippen molar-refractivity contribution in [3.63, 3.8) is 0 Å². The Labute approximate surface area is 98.3 Å². The predicted molar refractivity (Wildman–Crippen MR) is 64.4 cm³/mol.